The number of pyridine rings is 1. The molecule has 1 aliphatic rings. The molecule has 2 aromatic heterocycles. The molecule has 0 bridgehead atoms. The third-order valence-electron chi connectivity index (χ3n) is 7.53. The van der Waals surface area contributed by atoms with Crippen LogP contribution in [0.25, 0.3) is 10.9 Å². The number of carbonyl (C=O) groups excluding carboxylic acids is 1. The predicted molar refractivity (Wildman–Crippen MR) is 166 cm³/mol. The fourth-order valence-electron chi connectivity index (χ4n) is 5.17. The van der Waals surface area contributed by atoms with Gasteiger partial charge in [-0.25, -0.2) is 4.68 Å². The van der Waals surface area contributed by atoms with Crippen LogP contribution in [0.4, 0.5) is 11.4 Å². The number of hydrogen-bond acceptors (Lipinski definition) is 7. The summed E-state index contributed by atoms with van der Waals surface area (Å²) >= 11 is 3.71. The number of benzene rings is 3. The second-order valence-corrected chi connectivity index (χ2v) is 11.3. The maximum absolute atomic E-state index is 12.0. The molecule has 0 saturated heterocycles. The van der Waals surface area contributed by atoms with Crippen molar-refractivity contribution in [3.63, 3.8) is 0 Å². The van der Waals surface area contributed by atoms with Gasteiger partial charge in [-0.05, 0) is 70.6 Å². The predicted octanol–water partition coefficient (Wildman–Crippen LogP) is 6.66. The zero-order valence-electron chi connectivity index (χ0n) is 23.0. The van der Waals surface area contributed by atoms with Gasteiger partial charge in [0.05, 0.1) is 41.1 Å². The van der Waals surface area contributed by atoms with E-state index in [1.54, 1.807) is 18.3 Å². The Hall–Kier alpha value is -4.75. The number of hydrogen-bond donors (Lipinski definition) is 3. The molecule has 1 amide bonds. The third-order valence-corrected chi connectivity index (χ3v) is 8.14. The van der Waals surface area contributed by atoms with Crippen molar-refractivity contribution < 1.29 is 4.79 Å². The van der Waals surface area contributed by atoms with Gasteiger partial charge >= 0.3 is 0 Å². The van der Waals surface area contributed by atoms with Gasteiger partial charge in [0.1, 0.15) is 11.8 Å². The first kappa shape index (κ1) is 27.4. The van der Waals surface area contributed by atoms with Gasteiger partial charge in [-0.2, -0.15) is 5.26 Å². The summed E-state index contributed by atoms with van der Waals surface area (Å²) in [7, 11) is 0. The lowest BCUT2D eigenvalue weighted by Crippen LogP contribution is -2.16. The third kappa shape index (κ3) is 5.56. The van der Waals surface area contributed by atoms with E-state index < -0.39 is 11.9 Å². The molecule has 4 N–H and O–H groups in total. The van der Waals surface area contributed by atoms with Crippen LogP contribution < -0.4 is 16.4 Å². The van der Waals surface area contributed by atoms with Crippen molar-refractivity contribution in [3.8, 4) is 6.07 Å². The van der Waals surface area contributed by atoms with E-state index in [0.29, 0.717) is 17.2 Å². The Morgan fingerprint density at radius 2 is 1.90 bits per heavy atom. The van der Waals surface area contributed by atoms with E-state index in [0.717, 1.165) is 62.8 Å². The summed E-state index contributed by atoms with van der Waals surface area (Å²) in [6, 6.07) is 23.6. The van der Waals surface area contributed by atoms with Crippen molar-refractivity contribution in [2.75, 3.05) is 10.6 Å². The average Bonchev–Trinajstić information content (AvgIpc) is 3.75. The Bertz CT molecular complexity index is 1810. The molecular weight excluding hydrogens is 592 g/mol. The highest BCUT2D eigenvalue weighted by atomic mass is 79.9. The Balaban J connectivity index is 1.44. The monoisotopic (exact) mass is 620 g/mol. The first-order chi connectivity index (χ1) is 20.4. The molecule has 9 nitrogen and oxygen atoms in total. The fraction of sp³-hybridized carbons (Fsp3) is 0.219. The number of nitrogens with zero attached hydrogens (tertiary/aromatic N) is 5. The summed E-state index contributed by atoms with van der Waals surface area (Å²) < 4.78 is 2.67. The number of rotatable bonds is 10. The number of primary amides is 1. The van der Waals surface area contributed by atoms with Crippen molar-refractivity contribution in [1.82, 2.24) is 20.0 Å². The Kier molecular flexibility index (Phi) is 7.59. The number of nitrogens with one attached hydrogen (secondary N) is 2. The van der Waals surface area contributed by atoms with Gasteiger partial charge in [0.2, 0.25) is 5.91 Å². The highest BCUT2D eigenvalue weighted by Crippen LogP contribution is 2.38. The summed E-state index contributed by atoms with van der Waals surface area (Å²) in [5.74, 6) is -0.500. The summed E-state index contributed by atoms with van der Waals surface area (Å²) in [5, 5.41) is 26.9. The smallest absolute Gasteiger partial charge is 0.248 e. The minimum atomic E-state index is -0.500. The van der Waals surface area contributed by atoms with Gasteiger partial charge in [0, 0.05) is 27.3 Å². The van der Waals surface area contributed by atoms with E-state index in [2.05, 4.69) is 67.0 Å². The lowest BCUT2D eigenvalue weighted by molar-refractivity contribution is 0.1000. The fourth-order valence-corrected chi connectivity index (χ4v) is 5.73. The zero-order valence-corrected chi connectivity index (χ0v) is 24.5. The SMILES string of the molecule is CC[C@@H](Nc1c(C#N)cnc2c(Br)cc(N[C@@H](c3cccc(C(N)=O)c3)c3cn(C4CC4)nn3)cc12)c1ccccc1. The van der Waals surface area contributed by atoms with Crippen LogP contribution in [0.2, 0.25) is 0 Å². The molecule has 0 unspecified atom stereocenters. The number of nitrogens with two attached hydrogens (primary N) is 1. The summed E-state index contributed by atoms with van der Waals surface area (Å²) in [4.78, 5) is 16.6. The Morgan fingerprint density at radius 3 is 2.62 bits per heavy atom. The molecule has 210 valence electrons. The van der Waals surface area contributed by atoms with Crippen LogP contribution in [0.3, 0.4) is 0 Å². The Labute approximate surface area is 251 Å². The molecule has 1 aliphatic carbocycles. The standard InChI is InChI=1S/C32H29BrN8O/c1-2-27(19-7-4-3-5-8-19)38-29-22(16-34)17-36-31-25(29)14-23(15-26(31)33)37-30(20-9-6-10-21(13-20)32(35)42)28-18-41(40-39-28)24-11-12-24/h3-10,13-15,17-18,24,27,30,37H,2,11-12H2,1H3,(H2,35,42)(H,36,38)/t27-,30+/m1/s1. The molecule has 1 fully saturated rings. The van der Waals surface area contributed by atoms with E-state index >= 15 is 0 Å². The van der Waals surface area contributed by atoms with Gasteiger partial charge in [0.25, 0.3) is 0 Å². The lowest BCUT2D eigenvalue weighted by atomic mass is 10.00. The maximum Gasteiger partial charge on any atom is 0.248 e. The molecule has 6 rings (SSSR count). The zero-order chi connectivity index (χ0) is 29.2. The van der Waals surface area contributed by atoms with E-state index in [1.807, 2.05) is 53.3 Å². The first-order valence-electron chi connectivity index (χ1n) is 13.9. The average molecular weight is 622 g/mol. The number of anilines is 2. The molecule has 2 atom stereocenters. The second-order valence-electron chi connectivity index (χ2n) is 10.5. The number of amides is 1. The van der Waals surface area contributed by atoms with Crippen LogP contribution in [0.15, 0.2) is 83.6 Å². The molecule has 5 aromatic rings. The topological polar surface area (TPSA) is 135 Å². The first-order valence-corrected chi connectivity index (χ1v) is 14.7. The van der Waals surface area contributed by atoms with Crippen LogP contribution in [0.5, 0.6) is 0 Å². The highest BCUT2D eigenvalue weighted by molar-refractivity contribution is 9.10. The van der Waals surface area contributed by atoms with E-state index in [-0.39, 0.29) is 6.04 Å². The Morgan fingerprint density at radius 1 is 1.12 bits per heavy atom. The van der Waals surface area contributed by atoms with Gasteiger partial charge < -0.3 is 16.4 Å². The van der Waals surface area contributed by atoms with Crippen molar-refractivity contribution >= 4 is 44.1 Å². The van der Waals surface area contributed by atoms with E-state index in [4.69, 9.17) is 5.73 Å². The molecule has 0 radical (unpaired) electrons. The number of halogens is 1. The molecule has 10 heteroatoms. The second kappa shape index (κ2) is 11.6. The molecule has 1 saturated carbocycles. The van der Waals surface area contributed by atoms with Crippen molar-refractivity contribution in [1.29, 1.82) is 5.26 Å². The van der Waals surface area contributed by atoms with Crippen molar-refractivity contribution in [2.24, 2.45) is 5.73 Å². The van der Waals surface area contributed by atoms with Crippen LogP contribution in [-0.4, -0.2) is 25.9 Å². The number of fused-ring (bicyclic) bond motifs is 1. The van der Waals surface area contributed by atoms with Crippen LogP contribution in [0, 0.1) is 11.3 Å². The van der Waals surface area contributed by atoms with E-state index in [9.17, 15) is 10.1 Å². The van der Waals surface area contributed by atoms with Crippen LogP contribution in [0.1, 0.15) is 77.1 Å². The van der Waals surface area contributed by atoms with Crippen LogP contribution in [-0.2, 0) is 0 Å². The minimum Gasteiger partial charge on any atom is -0.377 e. The van der Waals surface area contributed by atoms with Crippen LogP contribution >= 0.6 is 15.9 Å². The van der Waals surface area contributed by atoms with Gasteiger partial charge in [-0.1, -0.05) is 54.6 Å². The number of aromatic nitrogens is 4. The normalized spacial score (nSPS) is 14.2. The number of carbonyl (C=O) groups is 1. The molecular formula is C32H29BrN8O. The lowest BCUT2D eigenvalue weighted by Gasteiger charge is -2.23. The summed E-state index contributed by atoms with van der Waals surface area (Å²) in [5.41, 5.74) is 11.4. The number of nitriles is 1. The molecule has 3 aromatic carbocycles. The molecule has 0 spiro atoms. The van der Waals surface area contributed by atoms with Gasteiger partial charge in [0.15, 0.2) is 0 Å². The largest absolute Gasteiger partial charge is 0.377 e. The molecule has 2 heterocycles. The van der Waals surface area contributed by atoms with Gasteiger partial charge in [-0.15, -0.1) is 5.10 Å². The molecule has 0 aliphatic heterocycles. The summed E-state index contributed by atoms with van der Waals surface area (Å²) in [6.45, 7) is 2.11. The van der Waals surface area contributed by atoms with Crippen molar-refractivity contribution in [3.05, 3.63) is 112 Å². The maximum atomic E-state index is 12.0. The van der Waals surface area contributed by atoms with Gasteiger partial charge in [-0.3, -0.25) is 9.78 Å². The quantitative estimate of drug-likeness (QED) is 0.159. The van der Waals surface area contributed by atoms with Crippen molar-refractivity contribution in [2.45, 2.75) is 44.3 Å². The summed E-state index contributed by atoms with van der Waals surface area (Å²) in [6.07, 6.45) is 6.56. The highest BCUT2D eigenvalue weighted by Gasteiger charge is 2.27. The molecule has 42 heavy (non-hydrogen) atoms. The minimum absolute atomic E-state index is 0.000965. The van der Waals surface area contributed by atoms with E-state index in [1.165, 1.54) is 0 Å².